The smallest absolute Gasteiger partial charge is 0.0506 e. The van der Waals surface area contributed by atoms with Crippen LogP contribution in [0.1, 0.15) is 102 Å². The minimum atomic E-state index is 0.243. The number of hydrogen-bond acceptors (Lipinski definition) is 0. The molecule has 0 radical (unpaired) electrons. The first-order valence-corrected chi connectivity index (χ1v) is 12.2. The molecule has 2 saturated carbocycles. The Kier molecular flexibility index (Phi) is 7.67. The lowest BCUT2D eigenvalue weighted by atomic mass is 9.68. The number of benzene rings is 1. The second-order valence-electron chi connectivity index (χ2n) is 9.13. The highest BCUT2D eigenvalue weighted by Crippen LogP contribution is 2.50. The monoisotopic (exact) mass is 418 g/mol. The summed E-state index contributed by atoms with van der Waals surface area (Å²) in [4.78, 5) is 0. The van der Waals surface area contributed by atoms with Crippen LogP contribution in [0.3, 0.4) is 0 Å². The van der Waals surface area contributed by atoms with Gasteiger partial charge in [0.05, 0.1) is 4.32 Å². The topological polar surface area (TPSA) is 0 Å². The Balaban J connectivity index is 1.46. The van der Waals surface area contributed by atoms with Gasteiger partial charge in [0.15, 0.2) is 0 Å². The van der Waals surface area contributed by atoms with Crippen LogP contribution in [0.25, 0.3) is 0 Å². The quantitative estimate of drug-likeness (QED) is 0.307. The van der Waals surface area contributed by atoms with E-state index < -0.39 is 0 Å². The molecule has 0 bridgehead atoms. The van der Waals surface area contributed by atoms with E-state index in [9.17, 15) is 0 Å². The van der Waals surface area contributed by atoms with Crippen LogP contribution in [-0.4, -0.2) is 0 Å². The largest absolute Gasteiger partial charge is 0.0801 e. The highest BCUT2D eigenvalue weighted by atomic mass is 79.9. The molecule has 2 fully saturated rings. The summed E-state index contributed by atoms with van der Waals surface area (Å²) in [5.74, 6) is 3.07. The van der Waals surface area contributed by atoms with Crippen molar-refractivity contribution in [1.82, 2.24) is 0 Å². The van der Waals surface area contributed by atoms with Crippen molar-refractivity contribution in [3.63, 3.8) is 0 Å². The molecule has 0 aromatic heterocycles. The number of alkyl halides is 1. The Morgan fingerprint density at radius 2 is 1.46 bits per heavy atom. The molecular formula is C25H39Br. The number of hydrogen-bond donors (Lipinski definition) is 0. The third-order valence-electron chi connectivity index (χ3n) is 7.48. The maximum atomic E-state index is 4.15. The van der Waals surface area contributed by atoms with E-state index in [0.29, 0.717) is 0 Å². The van der Waals surface area contributed by atoms with E-state index in [1.165, 1.54) is 88.2 Å². The van der Waals surface area contributed by atoms with Crippen molar-refractivity contribution in [3.8, 4) is 0 Å². The Labute approximate surface area is 170 Å². The number of aryl methyl sites for hydroxylation is 1. The SMILES string of the molecule is CCCCCC1CCC(C2CCC(Br)(c3ccc(CC)cc3)CC2)CC1. The molecule has 3 rings (SSSR count). The maximum absolute atomic E-state index is 4.15. The van der Waals surface area contributed by atoms with Crippen molar-refractivity contribution < 1.29 is 0 Å². The molecule has 26 heavy (non-hydrogen) atoms. The maximum Gasteiger partial charge on any atom is 0.0506 e. The average Bonchev–Trinajstić information content (AvgIpc) is 2.69. The van der Waals surface area contributed by atoms with E-state index in [4.69, 9.17) is 0 Å². The van der Waals surface area contributed by atoms with Crippen molar-refractivity contribution in [1.29, 1.82) is 0 Å². The van der Waals surface area contributed by atoms with E-state index >= 15 is 0 Å². The van der Waals surface area contributed by atoms with Gasteiger partial charge in [-0.05, 0) is 73.8 Å². The second kappa shape index (κ2) is 9.76. The van der Waals surface area contributed by atoms with E-state index in [-0.39, 0.29) is 4.32 Å². The molecule has 0 N–H and O–H groups in total. The predicted octanol–water partition coefficient (Wildman–Crippen LogP) is 8.42. The van der Waals surface area contributed by atoms with E-state index in [0.717, 1.165) is 24.2 Å². The Hall–Kier alpha value is -0.300. The van der Waals surface area contributed by atoms with E-state index in [2.05, 4.69) is 54.0 Å². The average molecular weight is 419 g/mol. The zero-order valence-electron chi connectivity index (χ0n) is 17.1. The van der Waals surface area contributed by atoms with Crippen LogP contribution in [0.2, 0.25) is 0 Å². The van der Waals surface area contributed by atoms with Crippen molar-refractivity contribution in [2.45, 2.75) is 102 Å². The highest BCUT2D eigenvalue weighted by Gasteiger charge is 2.37. The van der Waals surface area contributed by atoms with Crippen LogP contribution < -0.4 is 0 Å². The first kappa shape index (κ1) is 20.4. The molecule has 146 valence electrons. The number of unbranched alkanes of at least 4 members (excludes halogenated alkanes) is 2. The number of rotatable bonds is 7. The van der Waals surface area contributed by atoms with Gasteiger partial charge in [0.1, 0.15) is 0 Å². The van der Waals surface area contributed by atoms with Crippen molar-refractivity contribution >= 4 is 15.9 Å². The van der Waals surface area contributed by atoms with Gasteiger partial charge in [-0.2, -0.15) is 0 Å². The minimum absolute atomic E-state index is 0.243. The molecule has 0 aliphatic heterocycles. The predicted molar refractivity (Wildman–Crippen MR) is 118 cm³/mol. The van der Waals surface area contributed by atoms with Crippen LogP contribution in [0, 0.1) is 17.8 Å². The number of halogens is 1. The summed E-state index contributed by atoms with van der Waals surface area (Å²) in [6.07, 6.45) is 18.5. The van der Waals surface area contributed by atoms with Crippen molar-refractivity contribution in [3.05, 3.63) is 35.4 Å². The zero-order valence-corrected chi connectivity index (χ0v) is 18.7. The normalized spacial score (nSPS) is 32.5. The molecule has 1 heteroatoms. The van der Waals surface area contributed by atoms with Gasteiger partial charge < -0.3 is 0 Å². The molecule has 0 saturated heterocycles. The van der Waals surface area contributed by atoms with Crippen LogP contribution >= 0.6 is 15.9 Å². The molecule has 1 aromatic carbocycles. The lowest BCUT2D eigenvalue weighted by molar-refractivity contribution is 0.151. The molecule has 0 amide bonds. The van der Waals surface area contributed by atoms with Gasteiger partial charge >= 0.3 is 0 Å². The summed E-state index contributed by atoms with van der Waals surface area (Å²) in [7, 11) is 0. The Morgan fingerprint density at radius 1 is 0.846 bits per heavy atom. The zero-order chi connectivity index (χ0) is 18.4. The van der Waals surface area contributed by atoms with E-state index in [1.807, 2.05) is 0 Å². The molecular weight excluding hydrogens is 380 g/mol. The molecule has 2 aliphatic carbocycles. The minimum Gasteiger partial charge on any atom is -0.0801 e. The lowest BCUT2D eigenvalue weighted by Crippen LogP contribution is -2.31. The van der Waals surface area contributed by atoms with Gasteiger partial charge in [-0.15, -0.1) is 0 Å². The summed E-state index contributed by atoms with van der Waals surface area (Å²) in [5.41, 5.74) is 2.96. The Bertz CT molecular complexity index is 516. The summed E-state index contributed by atoms with van der Waals surface area (Å²) in [5, 5.41) is 0. The summed E-state index contributed by atoms with van der Waals surface area (Å²) < 4.78 is 0.243. The molecule has 0 atom stereocenters. The fraction of sp³-hybridized carbons (Fsp3) is 0.760. The van der Waals surface area contributed by atoms with Gasteiger partial charge in [-0.25, -0.2) is 0 Å². The molecule has 2 aliphatic rings. The third-order valence-corrected chi connectivity index (χ3v) is 8.73. The van der Waals surface area contributed by atoms with Gasteiger partial charge in [0.2, 0.25) is 0 Å². The van der Waals surface area contributed by atoms with Crippen molar-refractivity contribution in [2.24, 2.45) is 17.8 Å². The Morgan fingerprint density at radius 3 is 2.04 bits per heavy atom. The van der Waals surface area contributed by atoms with Gasteiger partial charge in [0.25, 0.3) is 0 Å². The molecule has 0 unspecified atom stereocenters. The van der Waals surface area contributed by atoms with Crippen LogP contribution in [0.4, 0.5) is 0 Å². The third kappa shape index (κ3) is 5.15. The molecule has 0 heterocycles. The lowest BCUT2D eigenvalue weighted by Gasteiger charge is -2.41. The fourth-order valence-corrected chi connectivity index (χ4v) is 6.25. The summed E-state index contributed by atoms with van der Waals surface area (Å²) >= 11 is 4.15. The summed E-state index contributed by atoms with van der Waals surface area (Å²) in [6, 6.07) is 9.39. The fourth-order valence-electron chi connectivity index (χ4n) is 5.53. The molecule has 1 aromatic rings. The van der Waals surface area contributed by atoms with E-state index in [1.54, 1.807) is 0 Å². The van der Waals surface area contributed by atoms with Crippen LogP contribution in [0.15, 0.2) is 24.3 Å². The van der Waals surface area contributed by atoms with Crippen LogP contribution in [0.5, 0.6) is 0 Å². The summed E-state index contributed by atoms with van der Waals surface area (Å²) in [6.45, 7) is 4.56. The van der Waals surface area contributed by atoms with Crippen molar-refractivity contribution in [2.75, 3.05) is 0 Å². The molecule has 0 nitrogen and oxygen atoms in total. The first-order chi connectivity index (χ1) is 12.6. The van der Waals surface area contributed by atoms with Gasteiger partial charge in [-0.3, -0.25) is 0 Å². The van der Waals surface area contributed by atoms with Gasteiger partial charge in [0, 0.05) is 0 Å². The molecule has 0 spiro atoms. The van der Waals surface area contributed by atoms with Gasteiger partial charge in [-0.1, -0.05) is 92.6 Å². The second-order valence-corrected chi connectivity index (χ2v) is 10.6. The standard InChI is InChI=1S/C25H39Br/c1-3-5-6-7-21-8-12-22(13-9-21)23-16-18-25(26,19-17-23)24-14-10-20(4-2)11-15-24/h10-11,14-15,21-23H,3-9,12-13,16-19H2,1-2H3. The first-order valence-electron chi connectivity index (χ1n) is 11.4. The van der Waals surface area contributed by atoms with Crippen LogP contribution in [-0.2, 0) is 10.7 Å². The highest BCUT2D eigenvalue weighted by molar-refractivity contribution is 9.09.